The summed E-state index contributed by atoms with van der Waals surface area (Å²) >= 11 is 1.29. The number of benzene rings is 1. The molecule has 1 aliphatic rings. The Kier molecular flexibility index (Phi) is 7.75. The van der Waals surface area contributed by atoms with Crippen molar-refractivity contribution in [2.45, 2.75) is 25.8 Å². The van der Waals surface area contributed by atoms with Gasteiger partial charge in [0.15, 0.2) is 0 Å². The SMILES string of the molecule is C[C@H](C(=O)O)N(C(=O)C(CC(=O)N1CCN(C)CC1)Cc1ccccc1)c1cscn1. The highest BCUT2D eigenvalue weighted by atomic mass is 32.1. The zero-order valence-electron chi connectivity index (χ0n) is 17.8. The van der Waals surface area contributed by atoms with Gasteiger partial charge in [-0.05, 0) is 26.0 Å². The fourth-order valence-electron chi connectivity index (χ4n) is 3.68. The van der Waals surface area contributed by atoms with E-state index in [1.54, 1.807) is 15.8 Å². The van der Waals surface area contributed by atoms with E-state index in [4.69, 9.17) is 0 Å². The normalized spacial score (nSPS) is 16.5. The molecule has 1 N–H and O–H groups in total. The van der Waals surface area contributed by atoms with Crippen LogP contribution in [-0.4, -0.2) is 76.9 Å². The number of thiazole rings is 1. The van der Waals surface area contributed by atoms with Crippen LogP contribution in [0.25, 0.3) is 0 Å². The molecule has 2 amide bonds. The van der Waals surface area contributed by atoms with E-state index in [0.717, 1.165) is 18.7 Å². The lowest BCUT2D eigenvalue weighted by molar-refractivity contribution is -0.140. The van der Waals surface area contributed by atoms with Crippen LogP contribution in [0.4, 0.5) is 5.82 Å². The van der Waals surface area contributed by atoms with Crippen LogP contribution >= 0.6 is 11.3 Å². The van der Waals surface area contributed by atoms with Crippen molar-refractivity contribution in [2.24, 2.45) is 5.92 Å². The van der Waals surface area contributed by atoms with E-state index in [1.165, 1.54) is 23.2 Å². The van der Waals surface area contributed by atoms with Crippen molar-refractivity contribution in [1.29, 1.82) is 0 Å². The van der Waals surface area contributed by atoms with Gasteiger partial charge in [-0.1, -0.05) is 30.3 Å². The molecule has 3 rings (SSSR count). The molecule has 0 saturated carbocycles. The number of amides is 2. The number of hydrogen-bond acceptors (Lipinski definition) is 6. The summed E-state index contributed by atoms with van der Waals surface area (Å²) in [4.78, 5) is 47.7. The number of nitrogens with zero attached hydrogens (tertiary/aromatic N) is 4. The third kappa shape index (κ3) is 5.89. The van der Waals surface area contributed by atoms with Gasteiger partial charge in [0.2, 0.25) is 11.8 Å². The maximum absolute atomic E-state index is 13.6. The first-order valence-electron chi connectivity index (χ1n) is 10.3. The van der Waals surface area contributed by atoms with Crippen LogP contribution in [0.5, 0.6) is 0 Å². The number of carboxylic acid groups (broad SMARTS) is 1. The molecular weight excluding hydrogens is 416 g/mol. The molecule has 2 aromatic rings. The average Bonchev–Trinajstić information content (AvgIpc) is 3.28. The molecule has 1 unspecified atom stereocenters. The van der Waals surface area contributed by atoms with E-state index in [1.807, 2.05) is 37.4 Å². The van der Waals surface area contributed by atoms with Crippen molar-refractivity contribution in [2.75, 3.05) is 38.1 Å². The summed E-state index contributed by atoms with van der Waals surface area (Å²) in [5, 5.41) is 11.2. The Morgan fingerprint density at radius 1 is 1.16 bits per heavy atom. The molecule has 1 aromatic carbocycles. The van der Waals surface area contributed by atoms with Gasteiger partial charge in [0.1, 0.15) is 11.9 Å². The molecule has 1 aromatic heterocycles. The van der Waals surface area contributed by atoms with Gasteiger partial charge in [-0.15, -0.1) is 11.3 Å². The van der Waals surface area contributed by atoms with E-state index < -0.39 is 23.8 Å². The van der Waals surface area contributed by atoms with Gasteiger partial charge in [0.05, 0.1) is 11.4 Å². The molecule has 31 heavy (non-hydrogen) atoms. The molecule has 9 heteroatoms. The zero-order valence-corrected chi connectivity index (χ0v) is 18.6. The number of aliphatic carboxylic acids is 1. The fraction of sp³-hybridized carbons (Fsp3) is 0.455. The lowest BCUT2D eigenvalue weighted by atomic mass is 9.93. The quantitative estimate of drug-likeness (QED) is 0.669. The molecule has 0 aliphatic carbocycles. The Bertz CT molecular complexity index is 882. The monoisotopic (exact) mass is 444 g/mol. The van der Waals surface area contributed by atoms with Gasteiger partial charge in [0.25, 0.3) is 0 Å². The molecular formula is C22H28N4O4S. The van der Waals surface area contributed by atoms with Gasteiger partial charge in [-0.25, -0.2) is 9.78 Å². The number of piperazine rings is 1. The highest BCUT2D eigenvalue weighted by molar-refractivity contribution is 7.07. The van der Waals surface area contributed by atoms with Crippen molar-refractivity contribution < 1.29 is 19.5 Å². The van der Waals surface area contributed by atoms with Crippen LogP contribution in [0.3, 0.4) is 0 Å². The molecule has 166 valence electrons. The Hall–Kier alpha value is -2.78. The topological polar surface area (TPSA) is 94.0 Å². The first-order chi connectivity index (χ1) is 14.9. The Labute approximate surface area is 186 Å². The Morgan fingerprint density at radius 2 is 1.84 bits per heavy atom. The smallest absolute Gasteiger partial charge is 0.326 e. The van der Waals surface area contributed by atoms with Gasteiger partial charge in [0, 0.05) is 38.0 Å². The largest absolute Gasteiger partial charge is 0.480 e. The van der Waals surface area contributed by atoms with Crippen LogP contribution in [0.2, 0.25) is 0 Å². The zero-order chi connectivity index (χ0) is 22.4. The molecule has 2 heterocycles. The maximum Gasteiger partial charge on any atom is 0.326 e. The number of carboxylic acids is 1. The van der Waals surface area contributed by atoms with Crippen LogP contribution < -0.4 is 4.90 Å². The number of hydrogen-bond donors (Lipinski definition) is 1. The van der Waals surface area contributed by atoms with Crippen LogP contribution in [-0.2, 0) is 20.8 Å². The summed E-state index contributed by atoms with van der Waals surface area (Å²) in [5.41, 5.74) is 2.49. The van der Waals surface area contributed by atoms with Crippen LogP contribution in [0.1, 0.15) is 18.9 Å². The minimum atomic E-state index is -1.12. The van der Waals surface area contributed by atoms with E-state index in [0.29, 0.717) is 25.3 Å². The average molecular weight is 445 g/mol. The van der Waals surface area contributed by atoms with Crippen LogP contribution in [0, 0.1) is 5.92 Å². The highest BCUT2D eigenvalue weighted by Gasteiger charge is 2.35. The number of rotatable bonds is 8. The predicted molar refractivity (Wildman–Crippen MR) is 119 cm³/mol. The third-order valence-electron chi connectivity index (χ3n) is 5.60. The second kappa shape index (κ2) is 10.5. The van der Waals surface area contributed by atoms with Crippen molar-refractivity contribution in [3.8, 4) is 0 Å². The second-order valence-corrected chi connectivity index (χ2v) is 8.56. The summed E-state index contributed by atoms with van der Waals surface area (Å²) < 4.78 is 0. The van der Waals surface area contributed by atoms with Crippen molar-refractivity contribution >= 4 is 34.9 Å². The van der Waals surface area contributed by atoms with Crippen molar-refractivity contribution in [3.63, 3.8) is 0 Å². The lowest BCUT2D eigenvalue weighted by Gasteiger charge is -2.34. The summed E-state index contributed by atoms with van der Waals surface area (Å²) in [6.45, 7) is 4.31. The summed E-state index contributed by atoms with van der Waals surface area (Å²) in [6.07, 6.45) is 0.385. The molecule has 0 bridgehead atoms. The van der Waals surface area contributed by atoms with Gasteiger partial charge >= 0.3 is 5.97 Å². The van der Waals surface area contributed by atoms with E-state index in [2.05, 4.69) is 9.88 Å². The molecule has 1 fully saturated rings. The minimum absolute atomic E-state index is 0.0322. The van der Waals surface area contributed by atoms with Crippen molar-refractivity contribution in [3.05, 3.63) is 46.8 Å². The van der Waals surface area contributed by atoms with Gasteiger partial charge < -0.3 is 14.9 Å². The molecule has 1 saturated heterocycles. The highest BCUT2D eigenvalue weighted by Crippen LogP contribution is 2.24. The molecule has 1 aliphatic heterocycles. The fourth-order valence-corrected chi connectivity index (χ4v) is 4.20. The summed E-state index contributed by atoms with van der Waals surface area (Å²) in [7, 11) is 2.02. The summed E-state index contributed by atoms with van der Waals surface area (Å²) in [5.74, 6) is -1.98. The second-order valence-electron chi connectivity index (χ2n) is 7.84. The number of carbonyl (C=O) groups is 3. The van der Waals surface area contributed by atoms with E-state index in [-0.39, 0.29) is 12.3 Å². The van der Waals surface area contributed by atoms with Gasteiger partial charge in [-0.2, -0.15) is 0 Å². The van der Waals surface area contributed by atoms with E-state index >= 15 is 0 Å². The van der Waals surface area contributed by atoms with Crippen molar-refractivity contribution in [1.82, 2.24) is 14.8 Å². The van der Waals surface area contributed by atoms with Crippen LogP contribution in [0.15, 0.2) is 41.2 Å². The van der Waals surface area contributed by atoms with Gasteiger partial charge in [-0.3, -0.25) is 14.5 Å². The Morgan fingerprint density at radius 3 is 2.42 bits per heavy atom. The number of carbonyl (C=O) groups excluding carboxylic acids is 2. The Balaban J connectivity index is 1.85. The maximum atomic E-state index is 13.6. The minimum Gasteiger partial charge on any atom is -0.480 e. The standard InChI is InChI=1S/C22H28N4O4S/c1-16(22(29)30)26(19-14-31-15-23-19)21(28)18(12-17-6-4-3-5-7-17)13-20(27)25-10-8-24(2)9-11-25/h3-7,14-16,18H,8-13H2,1-2H3,(H,29,30)/t16-,18?/m1/s1. The number of anilines is 1. The molecule has 0 spiro atoms. The first-order valence-corrected chi connectivity index (χ1v) is 11.3. The molecule has 8 nitrogen and oxygen atoms in total. The third-order valence-corrected chi connectivity index (χ3v) is 6.17. The first kappa shape index (κ1) is 22.9. The number of likely N-dealkylation sites (N-methyl/N-ethyl adjacent to an activating group) is 1. The lowest BCUT2D eigenvalue weighted by Crippen LogP contribution is -2.50. The molecule has 2 atom stereocenters. The number of aromatic nitrogens is 1. The summed E-state index contributed by atoms with van der Waals surface area (Å²) in [6, 6.07) is 8.40. The van der Waals surface area contributed by atoms with E-state index in [9.17, 15) is 19.5 Å². The predicted octanol–water partition coefficient (Wildman–Crippen LogP) is 1.97. The molecule has 0 radical (unpaired) electrons.